The van der Waals surface area contributed by atoms with E-state index < -0.39 is 230 Å². The topological polar surface area (TPSA) is 497 Å². The molecule has 79 heavy (non-hydrogen) atoms. The first-order valence-corrected chi connectivity index (χ1v) is 31.0. The van der Waals surface area contributed by atoms with Gasteiger partial charge >= 0.3 is 0 Å². The van der Waals surface area contributed by atoms with Crippen LogP contribution in [0.4, 0.5) is 0 Å². The average molecular weight is 1250 g/mol. The minimum absolute atomic E-state index is 0.235. The van der Waals surface area contributed by atoms with Gasteiger partial charge in [0.05, 0.1) is 49.7 Å². The molecule has 7 rings (SSSR count). The van der Waals surface area contributed by atoms with E-state index in [0.717, 1.165) is 0 Å². The smallest absolute Gasteiger partial charge is 0.220 e. The molecule has 0 spiro atoms. The average Bonchev–Trinajstić information content (AvgIpc) is 3.48. The minimum atomic E-state index is -6.18. The van der Waals surface area contributed by atoms with Crippen LogP contribution in [-0.2, 0) is 130 Å². The molecule has 0 saturated carbocycles. The molecular weight excluding hydrogens is 1180 g/mol. The van der Waals surface area contributed by atoms with Crippen molar-refractivity contribution in [3.05, 3.63) is 0 Å². The van der Waals surface area contributed by atoms with Gasteiger partial charge in [-0.05, 0) is 37.9 Å². The highest BCUT2D eigenvalue weighted by Gasteiger charge is 2.64. The summed E-state index contributed by atoms with van der Waals surface area (Å²) in [6.07, 6.45) is -30.3. The van der Waals surface area contributed by atoms with Gasteiger partial charge in [0.1, 0.15) is 49.3 Å². The van der Waals surface area contributed by atoms with Crippen molar-refractivity contribution in [1.29, 1.82) is 0 Å². The number of carbonyl (C=O) groups is 1. The molecule has 34 nitrogen and oxygen atoms in total. The molecule has 7 fully saturated rings. The predicted molar refractivity (Wildman–Crippen MR) is 238 cm³/mol. The lowest BCUT2D eigenvalue weighted by Crippen LogP contribution is -2.73. The molecular formula is C40H61O34S5-7. The summed E-state index contributed by atoms with van der Waals surface area (Å²) in [5.74, 6) is -10.3. The van der Waals surface area contributed by atoms with Crippen molar-refractivity contribution in [3.8, 4) is 0 Å². The van der Waals surface area contributed by atoms with Gasteiger partial charge < -0.3 is 89.9 Å². The third-order valence-electron chi connectivity index (χ3n) is 15.2. The number of carboxylic acid groups (broad SMARTS) is 1. The summed E-state index contributed by atoms with van der Waals surface area (Å²) in [7, 11) is -28.6. The lowest BCUT2D eigenvalue weighted by Gasteiger charge is -2.58. The van der Waals surface area contributed by atoms with E-state index in [2.05, 4.69) is 8.37 Å². The molecule has 0 aromatic carbocycles. The van der Waals surface area contributed by atoms with Crippen molar-refractivity contribution in [1.82, 2.24) is 0 Å². The molecule has 7 saturated heterocycles. The van der Waals surface area contributed by atoms with Crippen molar-refractivity contribution in [3.63, 3.8) is 0 Å². The van der Waals surface area contributed by atoms with Crippen molar-refractivity contribution < 1.29 is 153 Å². The van der Waals surface area contributed by atoms with Crippen LogP contribution in [0.1, 0.15) is 68.7 Å². The maximum Gasteiger partial charge on any atom is 0.220 e. The fraction of sp³-hybridized carbons (Fsp3) is 0.975. The summed E-state index contributed by atoms with van der Waals surface area (Å²) >= 11 is 0. The largest absolute Gasteiger partial charge is 0.834 e. The van der Waals surface area contributed by atoms with Crippen LogP contribution in [0.3, 0.4) is 0 Å². The number of aliphatic carboxylic acids is 1. The van der Waals surface area contributed by atoms with Crippen LogP contribution in [0.5, 0.6) is 0 Å². The van der Waals surface area contributed by atoms with Crippen molar-refractivity contribution in [2.24, 2.45) is 41.4 Å². The Morgan fingerprint density at radius 3 is 1.56 bits per heavy atom. The first kappa shape index (κ1) is 66.5. The Balaban J connectivity index is 1.33. The Morgan fingerprint density at radius 1 is 0.506 bits per heavy atom. The van der Waals surface area contributed by atoms with Crippen molar-refractivity contribution in [2.75, 3.05) is 26.6 Å². The Labute approximate surface area is 456 Å². The van der Waals surface area contributed by atoms with Gasteiger partial charge in [0.15, 0.2) is 31.3 Å². The van der Waals surface area contributed by atoms with Crippen molar-refractivity contribution in [2.45, 2.75) is 179 Å². The van der Waals surface area contributed by atoms with Crippen molar-refractivity contribution >= 4 is 58.0 Å². The molecule has 11 unspecified atom stereocenters. The lowest BCUT2D eigenvalue weighted by atomic mass is 9.78. The summed E-state index contributed by atoms with van der Waals surface area (Å²) < 4.78 is 269. The summed E-state index contributed by atoms with van der Waals surface area (Å²) in [6, 6.07) is 0. The van der Waals surface area contributed by atoms with E-state index in [1.807, 2.05) is 0 Å². The van der Waals surface area contributed by atoms with Gasteiger partial charge in [-0.2, -0.15) is 0 Å². The van der Waals surface area contributed by atoms with E-state index in [0.29, 0.717) is 0 Å². The summed E-state index contributed by atoms with van der Waals surface area (Å²) in [6.45, 7) is 9.28. The predicted octanol–water partition coefficient (Wildman–Crippen LogP) is -4.62. The fourth-order valence-electron chi connectivity index (χ4n) is 10.7. The molecule has 0 amide bonds. The van der Waals surface area contributed by atoms with Crippen LogP contribution >= 0.6 is 0 Å². The molecule has 0 N–H and O–H groups in total. The summed E-state index contributed by atoms with van der Waals surface area (Å²) in [4.78, 5) is 12.9. The van der Waals surface area contributed by atoms with Gasteiger partial charge in [0.2, 0.25) is 57.8 Å². The monoisotopic (exact) mass is 1250 g/mol. The Bertz CT molecular complexity index is 2660. The van der Waals surface area contributed by atoms with Crippen LogP contribution in [0.2, 0.25) is 0 Å². The molecule has 2 bridgehead atoms. The van der Waals surface area contributed by atoms with Crippen LogP contribution in [0.15, 0.2) is 0 Å². The summed E-state index contributed by atoms with van der Waals surface area (Å²) in [5.41, 5.74) is 0. The second kappa shape index (κ2) is 25.5. The normalized spacial score (nSPS) is 43.6. The maximum atomic E-state index is 12.9. The van der Waals surface area contributed by atoms with Gasteiger partial charge in [0.25, 0.3) is 0 Å². The van der Waals surface area contributed by atoms with E-state index in [4.69, 9.17) is 64.7 Å². The maximum absolute atomic E-state index is 12.9. The van der Waals surface area contributed by atoms with Gasteiger partial charge in [-0.15, -0.1) is 0 Å². The number of hydrogen-bond acceptors (Lipinski definition) is 34. The first-order valence-electron chi connectivity index (χ1n) is 24.4. The second-order valence-electron chi connectivity index (χ2n) is 20.1. The highest BCUT2D eigenvalue weighted by atomic mass is 32.3. The summed E-state index contributed by atoms with van der Waals surface area (Å²) in [5, 5.41) is 25.2. The second-order valence-corrected chi connectivity index (χ2v) is 25.3. The molecule has 0 aliphatic carbocycles. The zero-order valence-corrected chi connectivity index (χ0v) is 47.4. The number of ether oxygens (including phenoxy) is 11. The van der Waals surface area contributed by atoms with E-state index in [-0.39, 0.29) is 12.3 Å². The highest BCUT2D eigenvalue weighted by molar-refractivity contribution is 7.81. The Kier molecular flexibility index (Phi) is 21.5. The highest BCUT2D eigenvalue weighted by Crippen LogP contribution is 2.48. The molecule has 0 aromatic rings. The number of fused-ring (bicyclic) bond motifs is 3. The number of carbonyl (C=O) groups excluding carboxylic acids is 1. The van der Waals surface area contributed by atoms with Crippen LogP contribution in [0.25, 0.3) is 0 Å². The van der Waals surface area contributed by atoms with Crippen LogP contribution in [-0.4, -0.2) is 208 Å². The van der Waals surface area contributed by atoms with Gasteiger partial charge in [-0.3, -0.25) is 20.9 Å². The van der Waals surface area contributed by atoms with E-state index >= 15 is 0 Å². The number of rotatable bonds is 24. The fourth-order valence-corrected chi connectivity index (χ4v) is 12.9. The molecule has 0 radical (unpaired) electrons. The molecule has 0 aromatic heterocycles. The van der Waals surface area contributed by atoms with Gasteiger partial charge in [0, 0.05) is 23.7 Å². The third-order valence-corrected chi connectivity index (χ3v) is 17.4. The zero-order valence-electron chi connectivity index (χ0n) is 43.3. The molecule has 7 aliphatic heterocycles. The van der Waals surface area contributed by atoms with Crippen LogP contribution in [0, 0.1) is 41.4 Å². The first-order chi connectivity index (χ1) is 36.3. The SMILES string of the molecule is CC[C@@H]1O[C@H](C)C(OS(=O)(=O)[O-])C(C)[C@@H]1O[C@@H]1OC2(OC[O-])CO[C@@H]1[C@H](C)C2O[C@@H]1OC(COS(=O)(=O)[O-])C(O[C@@H]2O[C@@H](C(=O)[O-])[C@@H](O[C@H]3O[C@@H](COS(=O)(=O)[O-])[C@@H](C)C(C)C3C)C(C)C2C)[C@H](OS(=O)(=O)[O-])C1OS(=O)(=O)[O-]. The minimum Gasteiger partial charge on any atom is -0.834 e. The van der Waals surface area contributed by atoms with E-state index in [9.17, 15) is 79.9 Å². The molecule has 39 heteroatoms. The standard InChI is InChI=1S/C40H67O34S5/c1-10-23-27(20(7)26(22(9)63-23)72-77(50,51)52)66-39-29-21(8)34(40(71-39,13-59-29)60-14-41)70-38-33(74-79(56,57)58)31(73-78(53,54)55)30(25(65-38)12-62-76(47,48)49)68-37-19(6)17(4)28(32(69-37)35(42)43)67-36-18(5)15(2)16(3)24(64-36)11-61-75(44,45)46/h15-34,36-39H,10-14H2,1-9H3,(H,42,43)(H,44,45,46)(H,47,48,49)(H,50,51,52)(H,53,54,55)(H,56,57,58)/q-1/p-6/t15?,16-,17?,18?,19?,20?,21-,22+,23-,24-,25?,26?,27-,28-,29+,30?,31-,32+,33?,34?,36+,37+,38-,39+,40?/m0/s1. The van der Waals surface area contributed by atoms with Crippen LogP contribution < -0.4 is 10.2 Å². The molecule has 7 aliphatic rings. The Morgan fingerprint density at radius 2 is 1.01 bits per heavy atom. The lowest BCUT2D eigenvalue weighted by molar-refractivity contribution is -0.526. The molecule has 462 valence electrons. The Hall–Kier alpha value is -1.66. The van der Waals surface area contributed by atoms with E-state index in [1.165, 1.54) is 34.6 Å². The molecule has 25 atom stereocenters. The van der Waals surface area contributed by atoms with Gasteiger partial charge in [-0.25, -0.2) is 42.1 Å². The number of hydrogen-bond donors (Lipinski definition) is 0. The zero-order chi connectivity index (χ0) is 59.3. The third kappa shape index (κ3) is 16.4. The van der Waals surface area contributed by atoms with E-state index in [1.54, 1.807) is 27.7 Å². The van der Waals surface area contributed by atoms with Gasteiger partial charge in [-0.1, -0.05) is 55.4 Å². The molecule has 7 heterocycles. The number of carboxylic acids is 1. The quantitative estimate of drug-likeness (QED) is 0.0498.